The SMILES string of the molecule is C.COc1ccc(B2OC(C)(C)C(C)(C)O2)cc1-c1cc2ccccc2[nH]1.COc1ccc(Br)cc1-c1cc2ccccc2[nH]1. The van der Waals surface area contributed by atoms with E-state index in [4.69, 9.17) is 18.8 Å². The number of hydrogen-bond donors (Lipinski definition) is 2. The maximum atomic E-state index is 6.20. The van der Waals surface area contributed by atoms with Gasteiger partial charge in [0.2, 0.25) is 0 Å². The fraction of sp³-hybridized carbons (Fsp3) is 0.243. The maximum Gasteiger partial charge on any atom is 0.494 e. The molecule has 0 spiro atoms. The standard InChI is InChI=1S/C21H24BNO3.C15H12BrNO.CH4/c1-20(2)21(3,4)26-22(25-20)15-10-11-19(24-5)16(13-15)18-12-14-8-6-7-9-17(14)23-18;1-18-15-7-6-11(16)9-12(15)14-8-10-4-2-3-5-13(10)17-14;/h6-13,23H,1-5H3;2-9,17H,1H3;1H4. The highest BCUT2D eigenvalue weighted by molar-refractivity contribution is 9.10. The van der Waals surface area contributed by atoms with Crippen LogP contribution in [0.15, 0.2) is 102 Å². The molecule has 0 radical (unpaired) electrons. The summed E-state index contributed by atoms with van der Waals surface area (Å²) in [5, 5.41) is 2.38. The first kappa shape index (κ1) is 32.4. The highest BCUT2D eigenvalue weighted by atomic mass is 79.9. The number of rotatable bonds is 5. The van der Waals surface area contributed by atoms with Gasteiger partial charge in [0.05, 0.1) is 36.8 Å². The topological polar surface area (TPSA) is 68.5 Å². The summed E-state index contributed by atoms with van der Waals surface area (Å²) in [6, 6.07) is 32.8. The number of fused-ring (bicyclic) bond motifs is 2. The van der Waals surface area contributed by atoms with Gasteiger partial charge >= 0.3 is 7.12 Å². The maximum absolute atomic E-state index is 6.20. The van der Waals surface area contributed by atoms with Gasteiger partial charge in [0.15, 0.2) is 0 Å². The molecule has 1 aliphatic rings. The van der Waals surface area contributed by atoms with E-state index in [1.807, 2.05) is 48.5 Å². The van der Waals surface area contributed by atoms with Crippen LogP contribution >= 0.6 is 15.9 Å². The van der Waals surface area contributed by atoms with Crippen molar-refractivity contribution >= 4 is 50.3 Å². The van der Waals surface area contributed by atoms with Crippen LogP contribution in [0.2, 0.25) is 0 Å². The Bertz CT molecular complexity index is 1860. The summed E-state index contributed by atoms with van der Waals surface area (Å²) in [6.07, 6.45) is 0. The zero-order chi connectivity index (χ0) is 31.1. The summed E-state index contributed by atoms with van der Waals surface area (Å²) in [5.41, 5.74) is 6.63. The molecule has 0 amide bonds. The van der Waals surface area contributed by atoms with Gasteiger partial charge in [-0.3, -0.25) is 0 Å². The van der Waals surface area contributed by atoms with Crippen LogP contribution in [0.25, 0.3) is 44.3 Å². The zero-order valence-electron chi connectivity index (χ0n) is 25.8. The van der Waals surface area contributed by atoms with Crippen molar-refractivity contribution in [1.82, 2.24) is 9.97 Å². The van der Waals surface area contributed by atoms with E-state index in [0.717, 1.165) is 55.0 Å². The van der Waals surface area contributed by atoms with Gasteiger partial charge in [-0.05, 0) is 87.8 Å². The molecule has 1 aliphatic heterocycles. The first-order chi connectivity index (χ1) is 21.1. The van der Waals surface area contributed by atoms with Gasteiger partial charge in [0.25, 0.3) is 0 Å². The van der Waals surface area contributed by atoms with Crippen LogP contribution in [-0.4, -0.2) is 42.5 Å². The summed E-state index contributed by atoms with van der Waals surface area (Å²) < 4.78 is 24.4. The molecular weight excluding hydrogens is 627 g/mol. The van der Waals surface area contributed by atoms with Crippen LogP contribution in [-0.2, 0) is 9.31 Å². The van der Waals surface area contributed by atoms with Crippen molar-refractivity contribution in [2.75, 3.05) is 14.2 Å². The molecule has 2 N–H and O–H groups in total. The number of aromatic nitrogens is 2. The number of H-pyrrole nitrogens is 2. The Morgan fingerprint density at radius 2 is 1.09 bits per heavy atom. The number of nitrogens with one attached hydrogen (secondary N) is 2. The van der Waals surface area contributed by atoms with E-state index < -0.39 is 7.12 Å². The second kappa shape index (κ2) is 12.8. The first-order valence-corrected chi connectivity index (χ1v) is 15.4. The number of ether oxygens (including phenoxy) is 2. The number of aromatic amines is 2. The summed E-state index contributed by atoms with van der Waals surface area (Å²) in [6.45, 7) is 8.26. The molecule has 0 saturated carbocycles. The van der Waals surface area contributed by atoms with Gasteiger partial charge in [0, 0.05) is 37.4 Å². The third kappa shape index (κ3) is 6.41. The van der Waals surface area contributed by atoms with Crippen molar-refractivity contribution in [3.8, 4) is 34.0 Å². The van der Waals surface area contributed by atoms with Crippen LogP contribution < -0.4 is 14.9 Å². The number of halogens is 1. The Balaban J connectivity index is 0.000000185. The van der Waals surface area contributed by atoms with E-state index >= 15 is 0 Å². The molecule has 3 heterocycles. The Kier molecular flexibility index (Phi) is 9.22. The largest absolute Gasteiger partial charge is 0.496 e. The minimum absolute atomic E-state index is 0. The van der Waals surface area contributed by atoms with Crippen LogP contribution in [0.3, 0.4) is 0 Å². The monoisotopic (exact) mass is 666 g/mol. The Morgan fingerprint density at radius 1 is 0.622 bits per heavy atom. The van der Waals surface area contributed by atoms with Crippen LogP contribution in [0, 0.1) is 0 Å². The summed E-state index contributed by atoms with van der Waals surface area (Å²) in [5.74, 6) is 1.68. The van der Waals surface area contributed by atoms with Gasteiger partial charge in [-0.25, -0.2) is 0 Å². The van der Waals surface area contributed by atoms with Crippen molar-refractivity contribution in [1.29, 1.82) is 0 Å². The predicted molar refractivity (Wildman–Crippen MR) is 191 cm³/mol. The lowest BCUT2D eigenvalue weighted by molar-refractivity contribution is 0.00578. The van der Waals surface area contributed by atoms with Gasteiger partial charge in [0.1, 0.15) is 11.5 Å². The Hall–Kier alpha value is -3.98. The molecule has 2 aromatic heterocycles. The smallest absolute Gasteiger partial charge is 0.494 e. The fourth-order valence-electron chi connectivity index (χ4n) is 5.39. The molecule has 232 valence electrons. The van der Waals surface area contributed by atoms with Crippen molar-refractivity contribution < 1.29 is 18.8 Å². The van der Waals surface area contributed by atoms with Gasteiger partial charge in [-0.15, -0.1) is 0 Å². The second-order valence-electron chi connectivity index (χ2n) is 11.9. The third-order valence-corrected chi connectivity index (χ3v) is 9.04. The van der Waals surface area contributed by atoms with E-state index in [2.05, 4.69) is 102 Å². The average molecular weight is 667 g/mol. The molecule has 7 rings (SSSR count). The van der Waals surface area contributed by atoms with E-state index in [-0.39, 0.29) is 18.6 Å². The van der Waals surface area contributed by atoms with Crippen molar-refractivity contribution in [3.05, 3.63) is 102 Å². The van der Waals surface area contributed by atoms with Crippen LogP contribution in [0.5, 0.6) is 11.5 Å². The summed E-state index contributed by atoms with van der Waals surface area (Å²) in [7, 11) is 2.99. The summed E-state index contributed by atoms with van der Waals surface area (Å²) >= 11 is 3.50. The molecule has 0 aliphatic carbocycles. The lowest BCUT2D eigenvalue weighted by Crippen LogP contribution is -2.41. The quantitative estimate of drug-likeness (QED) is 0.180. The number of hydrogen-bond acceptors (Lipinski definition) is 4. The minimum Gasteiger partial charge on any atom is -0.496 e. The second-order valence-corrected chi connectivity index (χ2v) is 12.8. The highest BCUT2D eigenvalue weighted by Crippen LogP contribution is 2.38. The number of benzene rings is 4. The molecule has 0 bridgehead atoms. The van der Waals surface area contributed by atoms with Crippen molar-refractivity contribution in [2.24, 2.45) is 0 Å². The van der Waals surface area contributed by atoms with E-state index in [1.165, 1.54) is 10.8 Å². The molecule has 45 heavy (non-hydrogen) atoms. The minimum atomic E-state index is -0.394. The normalized spacial score (nSPS) is 15.0. The fourth-order valence-corrected chi connectivity index (χ4v) is 5.75. The van der Waals surface area contributed by atoms with Gasteiger partial charge in [-0.2, -0.15) is 0 Å². The van der Waals surface area contributed by atoms with E-state index in [1.54, 1.807) is 14.2 Å². The van der Waals surface area contributed by atoms with Gasteiger partial charge < -0.3 is 28.8 Å². The molecule has 4 aromatic carbocycles. The molecule has 6 aromatic rings. The Labute approximate surface area is 274 Å². The molecular formula is C37H40BBrN2O4. The van der Waals surface area contributed by atoms with Crippen molar-refractivity contribution in [2.45, 2.75) is 46.3 Å². The van der Waals surface area contributed by atoms with E-state index in [0.29, 0.717) is 0 Å². The Morgan fingerprint density at radius 3 is 1.58 bits per heavy atom. The number of methoxy groups -OCH3 is 2. The summed E-state index contributed by atoms with van der Waals surface area (Å²) in [4.78, 5) is 6.89. The zero-order valence-corrected chi connectivity index (χ0v) is 27.4. The molecule has 1 saturated heterocycles. The third-order valence-electron chi connectivity index (χ3n) is 8.55. The molecule has 0 unspecified atom stereocenters. The molecule has 1 fully saturated rings. The molecule has 0 atom stereocenters. The lowest BCUT2D eigenvalue weighted by Gasteiger charge is -2.32. The molecule has 8 heteroatoms. The lowest BCUT2D eigenvalue weighted by atomic mass is 9.78. The first-order valence-electron chi connectivity index (χ1n) is 14.6. The molecule has 6 nitrogen and oxygen atoms in total. The predicted octanol–water partition coefficient (Wildman–Crippen LogP) is 9.38. The van der Waals surface area contributed by atoms with Crippen LogP contribution in [0.1, 0.15) is 35.1 Å². The van der Waals surface area contributed by atoms with Gasteiger partial charge in [-0.1, -0.05) is 65.8 Å². The van der Waals surface area contributed by atoms with E-state index in [9.17, 15) is 0 Å². The van der Waals surface area contributed by atoms with Crippen LogP contribution in [0.4, 0.5) is 0 Å². The number of para-hydroxylation sites is 2. The van der Waals surface area contributed by atoms with Crippen molar-refractivity contribution in [3.63, 3.8) is 0 Å². The average Bonchev–Trinajstić information content (AvgIpc) is 3.70. The highest BCUT2D eigenvalue weighted by Gasteiger charge is 2.51.